The molecule has 100 valence electrons. The summed E-state index contributed by atoms with van der Waals surface area (Å²) in [6, 6.07) is 9.95. The summed E-state index contributed by atoms with van der Waals surface area (Å²) < 4.78 is 5.87. The molecule has 1 aromatic heterocycles. The van der Waals surface area contributed by atoms with Crippen LogP contribution in [0.5, 0.6) is 11.5 Å². The van der Waals surface area contributed by atoms with Gasteiger partial charge < -0.3 is 10.1 Å². The molecule has 0 fully saturated rings. The molecule has 0 bridgehead atoms. The fourth-order valence-corrected chi connectivity index (χ4v) is 2.09. The molecule has 1 aromatic carbocycles. The summed E-state index contributed by atoms with van der Waals surface area (Å²) >= 11 is 5.91. The van der Waals surface area contributed by atoms with E-state index < -0.39 is 0 Å². The van der Waals surface area contributed by atoms with Gasteiger partial charge in [0.1, 0.15) is 11.5 Å². The van der Waals surface area contributed by atoms with Gasteiger partial charge >= 0.3 is 0 Å². The smallest absolute Gasteiger partial charge is 0.147 e. The van der Waals surface area contributed by atoms with Crippen molar-refractivity contribution in [3.63, 3.8) is 0 Å². The second kappa shape index (κ2) is 6.55. The van der Waals surface area contributed by atoms with E-state index in [-0.39, 0.29) is 6.04 Å². The van der Waals surface area contributed by atoms with Crippen LogP contribution in [0.15, 0.2) is 42.7 Å². The fourth-order valence-electron chi connectivity index (χ4n) is 1.92. The Balaban J connectivity index is 2.25. The molecule has 0 saturated heterocycles. The van der Waals surface area contributed by atoms with Crippen LogP contribution >= 0.6 is 11.6 Å². The van der Waals surface area contributed by atoms with E-state index in [0.29, 0.717) is 10.8 Å². The van der Waals surface area contributed by atoms with Gasteiger partial charge in [0.15, 0.2) is 0 Å². The van der Waals surface area contributed by atoms with Crippen molar-refractivity contribution in [1.82, 2.24) is 10.3 Å². The quantitative estimate of drug-likeness (QED) is 0.889. The molecular formula is C15H17ClN2O. The first kappa shape index (κ1) is 13.8. The van der Waals surface area contributed by atoms with Crippen LogP contribution in [-0.4, -0.2) is 11.5 Å². The normalized spacial score (nSPS) is 12.2. The van der Waals surface area contributed by atoms with E-state index in [1.807, 2.05) is 18.2 Å². The maximum Gasteiger partial charge on any atom is 0.147 e. The molecule has 0 aliphatic rings. The Kier molecular flexibility index (Phi) is 4.77. The molecule has 0 amide bonds. The summed E-state index contributed by atoms with van der Waals surface area (Å²) in [5.74, 6) is 1.46. The number of aromatic nitrogens is 1. The van der Waals surface area contributed by atoms with E-state index in [1.165, 1.54) is 0 Å². The molecule has 4 heteroatoms. The van der Waals surface area contributed by atoms with E-state index in [4.69, 9.17) is 16.3 Å². The lowest BCUT2D eigenvalue weighted by Crippen LogP contribution is -2.18. The SMILES string of the molecule is CCNC(C)c1ccccc1Oc1cncc(Cl)c1. The molecular weight excluding hydrogens is 260 g/mol. The molecule has 0 aliphatic carbocycles. The average molecular weight is 277 g/mol. The molecule has 0 aliphatic heterocycles. The van der Waals surface area contributed by atoms with Crippen LogP contribution in [0.3, 0.4) is 0 Å². The minimum absolute atomic E-state index is 0.230. The average Bonchev–Trinajstić information content (AvgIpc) is 2.39. The van der Waals surface area contributed by atoms with Crippen molar-refractivity contribution < 1.29 is 4.74 Å². The number of halogens is 1. The Morgan fingerprint density at radius 3 is 2.84 bits per heavy atom. The second-order valence-corrected chi connectivity index (χ2v) is 4.69. The van der Waals surface area contributed by atoms with Gasteiger partial charge in [-0.1, -0.05) is 36.7 Å². The van der Waals surface area contributed by atoms with E-state index in [9.17, 15) is 0 Å². The number of nitrogens with one attached hydrogen (secondary N) is 1. The Hall–Kier alpha value is -1.58. The molecule has 2 aromatic rings. The van der Waals surface area contributed by atoms with Crippen LogP contribution in [0.25, 0.3) is 0 Å². The molecule has 1 N–H and O–H groups in total. The highest BCUT2D eigenvalue weighted by molar-refractivity contribution is 6.30. The van der Waals surface area contributed by atoms with Gasteiger partial charge in [-0.3, -0.25) is 4.98 Å². The van der Waals surface area contributed by atoms with Gasteiger partial charge in [0.2, 0.25) is 0 Å². The second-order valence-electron chi connectivity index (χ2n) is 4.26. The summed E-state index contributed by atoms with van der Waals surface area (Å²) in [5.41, 5.74) is 1.12. The molecule has 19 heavy (non-hydrogen) atoms. The molecule has 1 heterocycles. The van der Waals surface area contributed by atoms with E-state index >= 15 is 0 Å². The zero-order valence-corrected chi connectivity index (χ0v) is 11.8. The van der Waals surface area contributed by atoms with E-state index in [0.717, 1.165) is 17.9 Å². The van der Waals surface area contributed by atoms with Crippen molar-refractivity contribution in [2.45, 2.75) is 19.9 Å². The Morgan fingerprint density at radius 2 is 2.11 bits per heavy atom. The number of nitrogens with zero attached hydrogens (tertiary/aromatic N) is 1. The molecule has 3 nitrogen and oxygen atoms in total. The van der Waals surface area contributed by atoms with Crippen molar-refractivity contribution in [1.29, 1.82) is 0 Å². The van der Waals surface area contributed by atoms with E-state index in [1.54, 1.807) is 18.5 Å². The highest BCUT2D eigenvalue weighted by Crippen LogP contribution is 2.29. The van der Waals surface area contributed by atoms with Gasteiger partial charge in [0, 0.05) is 23.9 Å². The highest BCUT2D eigenvalue weighted by atomic mass is 35.5. The summed E-state index contributed by atoms with van der Waals surface area (Å²) in [6.07, 6.45) is 3.24. The third kappa shape index (κ3) is 3.69. The monoisotopic (exact) mass is 276 g/mol. The third-order valence-corrected chi connectivity index (χ3v) is 3.01. The lowest BCUT2D eigenvalue weighted by atomic mass is 10.1. The van der Waals surface area contributed by atoms with Crippen molar-refractivity contribution in [3.05, 3.63) is 53.3 Å². The number of benzene rings is 1. The lowest BCUT2D eigenvalue weighted by Gasteiger charge is -2.17. The Morgan fingerprint density at radius 1 is 1.32 bits per heavy atom. The van der Waals surface area contributed by atoms with Crippen LogP contribution in [0.4, 0.5) is 0 Å². The number of rotatable bonds is 5. The van der Waals surface area contributed by atoms with Crippen LogP contribution < -0.4 is 10.1 Å². The number of pyridine rings is 1. The summed E-state index contributed by atoms with van der Waals surface area (Å²) in [5, 5.41) is 3.94. The Labute approximate surface area is 118 Å². The van der Waals surface area contributed by atoms with E-state index in [2.05, 4.69) is 30.2 Å². The van der Waals surface area contributed by atoms with Gasteiger partial charge in [-0.15, -0.1) is 0 Å². The van der Waals surface area contributed by atoms with Gasteiger partial charge in [-0.25, -0.2) is 0 Å². The Bertz CT molecular complexity index is 545. The predicted molar refractivity (Wildman–Crippen MR) is 77.9 cm³/mol. The molecule has 0 radical (unpaired) electrons. The maximum absolute atomic E-state index is 5.91. The first-order chi connectivity index (χ1) is 9.20. The predicted octanol–water partition coefficient (Wildman–Crippen LogP) is 4.20. The number of hydrogen-bond donors (Lipinski definition) is 1. The van der Waals surface area contributed by atoms with Crippen molar-refractivity contribution >= 4 is 11.6 Å². The number of hydrogen-bond acceptors (Lipinski definition) is 3. The van der Waals surface area contributed by atoms with Crippen LogP contribution in [0.2, 0.25) is 5.02 Å². The van der Waals surface area contributed by atoms with Crippen LogP contribution in [0.1, 0.15) is 25.5 Å². The number of ether oxygens (including phenoxy) is 1. The van der Waals surface area contributed by atoms with Crippen LogP contribution in [-0.2, 0) is 0 Å². The highest BCUT2D eigenvalue weighted by Gasteiger charge is 2.11. The summed E-state index contributed by atoms with van der Waals surface area (Å²) in [6.45, 7) is 5.11. The van der Waals surface area contributed by atoms with Crippen molar-refractivity contribution in [2.24, 2.45) is 0 Å². The van der Waals surface area contributed by atoms with Crippen molar-refractivity contribution in [2.75, 3.05) is 6.54 Å². The molecule has 0 saturated carbocycles. The first-order valence-corrected chi connectivity index (χ1v) is 6.69. The van der Waals surface area contributed by atoms with Crippen molar-refractivity contribution in [3.8, 4) is 11.5 Å². The number of para-hydroxylation sites is 1. The largest absolute Gasteiger partial charge is 0.455 e. The molecule has 0 spiro atoms. The lowest BCUT2D eigenvalue weighted by molar-refractivity contribution is 0.461. The van der Waals surface area contributed by atoms with Gasteiger partial charge in [0.25, 0.3) is 0 Å². The van der Waals surface area contributed by atoms with Gasteiger partial charge in [-0.2, -0.15) is 0 Å². The minimum atomic E-state index is 0.230. The summed E-state index contributed by atoms with van der Waals surface area (Å²) in [4.78, 5) is 4.02. The standard InChI is InChI=1S/C15H17ClN2O/c1-3-18-11(2)14-6-4-5-7-15(14)19-13-8-12(16)9-17-10-13/h4-11,18H,3H2,1-2H3. The zero-order chi connectivity index (χ0) is 13.7. The fraction of sp³-hybridized carbons (Fsp3) is 0.267. The van der Waals surface area contributed by atoms with Gasteiger partial charge in [-0.05, 0) is 19.5 Å². The molecule has 2 rings (SSSR count). The topological polar surface area (TPSA) is 34.1 Å². The molecule has 1 unspecified atom stereocenters. The first-order valence-electron chi connectivity index (χ1n) is 6.31. The third-order valence-electron chi connectivity index (χ3n) is 2.80. The minimum Gasteiger partial charge on any atom is -0.455 e. The zero-order valence-electron chi connectivity index (χ0n) is 11.1. The molecule has 1 atom stereocenters. The maximum atomic E-state index is 5.91. The summed E-state index contributed by atoms with van der Waals surface area (Å²) in [7, 11) is 0. The van der Waals surface area contributed by atoms with Gasteiger partial charge in [0.05, 0.1) is 11.2 Å². The van der Waals surface area contributed by atoms with Crippen LogP contribution in [0, 0.1) is 0 Å².